The van der Waals surface area contributed by atoms with Crippen LogP contribution in [0.4, 0.5) is 0 Å². The van der Waals surface area contributed by atoms with Gasteiger partial charge in [0.05, 0.1) is 6.20 Å². The number of Topliss-reactive ketones (excluding diaryl/α,β-unsaturated/α-hetero) is 1. The first kappa shape index (κ1) is 10.7. The lowest BCUT2D eigenvalue weighted by Crippen LogP contribution is -2.37. The molecule has 0 spiro atoms. The first-order valence-electron chi connectivity index (χ1n) is 5.34. The van der Waals surface area contributed by atoms with Crippen LogP contribution >= 0.6 is 0 Å². The molecule has 1 saturated heterocycles. The predicted molar refractivity (Wildman–Crippen MR) is 56.7 cm³/mol. The van der Waals surface area contributed by atoms with E-state index >= 15 is 0 Å². The molecule has 2 heterocycles. The van der Waals surface area contributed by atoms with E-state index in [0.29, 0.717) is 12.2 Å². The molecule has 1 atom stereocenters. The molecule has 0 bridgehead atoms. The molecule has 5 nitrogen and oxygen atoms in total. The van der Waals surface area contributed by atoms with E-state index in [2.05, 4.69) is 15.3 Å². The summed E-state index contributed by atoms with van der Waals surface area (Å²) in [4.78, 5) is 31.0. The van der Waals surface area contributed by atoms with Crippen LogP contribution in [0.15, 0.2) is 18.6 Å². The van der Waals surface area contributed by atoms with Gasteiger partial charge in [0.2, 0.25) is 5.91 Å². The number of carbonyl (C=O) groups excluding carboxylic acids is 2. The fourth-order valence-electron chi connectivity index (χ4n) is 1.80. The van der Waals surface area contributed by atoms with Crippen LogP contribution in [0, 0.1) is 5.92 Å². The second kappa shape index (κ2) is 4.83. The van der Waals surface area contributed by atoms with Gasteiger partial charge in [0, 0.05) is 31.3 Å². The molecule has 1 amide bonds. The van der Waals surface area contributed by atoms with Crippen molar-refractivity contribution < 1.29 is 9.59 Å². The number of aromatic nitrogens is 2. The largest absolute Gasteiger partial charge is 0.356 e. The summed E-state index contributed by atoms with van der Waals surface area (Å²) in [6.07, 6.45) is 6.37. The van der Waals surface area contributed by atoms with Gasteiger partial charge < -0.3 is 5.32 Å². The number of hydrogen-bond donors (Lipinski definition) is 1. The molecule has 0 aliphatic carbocycles. The molecule has 0 saturated carbocycles. The van der Waals surface area contributed by atoms with Crippen molar-refractivity contribution >= 4 is 11.7 Å². The van der Waals surface area contributed by atoms with Crippen molar-refractivity contribution in [3.05, 3.63) is 24.3 Å². The van der Waals surface area contributed by atoms with E-state index in [0.717, 1.165) is 12.8 Å². The van der Waals surface area contributed by atoms with E-state index in [-0.39, 0.29) is 24.0 Å². The number of piperidine rings is 1. The zero-order valence-electron chi connectivity index (χ0n) is 8.85. The maximum absolute atomic E-state index is 11.8. The lowest BCUT2D eigenvalue weighted by atomic mass is 9.92. The normalized spacial score (nSPS) is 20.2. The third-order valence-corrected chi connectivity index (χ3v) is 2.68. The van der Waals surface area contributed by atoms with Crippen molar-refractivity contribution in [3.63, 3.8) is 0 Å². The second-order valence-corrected chi connectivity index (χ2v) is 3.85. The SMILES string of the molecule is O=C(C[C@H]1CCCNC1=O)c1cnccn1. The molecule has 5 heteroatoms. The molecule has 2 rings (SSSR count). The van der Waals surface area contributed by atoms with Gasteiger partial charge in [-0.2, -0.15) is 0 Å². The van der Waals surface area contributed by atoms with Gasteiger partial charge in [-0.05, 0) is 12.8 Å². The average molecular weight is 219 g/mol. The summed E-state index contributed by atoms with van der Waals surface area (Å²) in [6, 6.07) is 0. The first-order valence-corrected chi connectivity index (χ1v) is 5.34. The highest BCUT2D eigenvalue weighted by atomic mass is 16.2. The molecular formula is C11H13N3O2. The third kappa shape index (κ3) is 2.42. The fourth-order valence-corrected chi connectivity index (χ4v) is 1.80. The van der Waals surface area contributed by atoms with E-state index in [1.165, 1.54) is 18.6 Å². The summed E-state index contributed by atoms with van der Waals surface area (Å²) in [6.45, 7) is 0.717. The Labute approximate surface area is 93.3 Å². The quantitative estimate of drug-likeness (QED) is 0.754. The van der Waals surface area contributed by atoms with Gasteiger partial charge in [-0.25, -0.2) is 4.98 Å². The van der Waals surface area contributed by atoms with Crippen LogP contribution in [0.1, 0.15) is 29.8 Å². The van der Waals surface area contributed by atoms with Crippen molar-refractivity contribution in [2.24, 2.45) is 5.92 Å². The summed E-state index contributed by atoms with van der Waals surface area (Å²) >= 11 is 0. The van der Waals surface area contributed by atoms with Crippen molar-refractivity contribution in [2.75, 3.05) is 6.54 Å². The first-order chi connectivity index (χ1) is 7.77. The van der Waals surface area contributed by atoms with E-state index in [9.17, 15) is 9.59 Å². The van der Waals surface area contributed by atoms with Crippen LogP contribution in [0.5, 0.6) is 0 Å². The van der Waals surface area contributed by atoms with Gasteiger partial charge in [-0.3, -0.25) is 14.6 Å². The number of carbonyl (C=O) groups is 2. The highest BCUT2D eigenvalue weighted by molar-refractivity contribution is 5.96. The van der Waals surface area contributed by atoms with E-state index < -0.39 is 0 Å². The Bertz CT molecular complexity index is 391. The van der Waals surface area contributed by atoms with Crippen LogP contribution in [0.25, 0.3) is 0 Å². The molecule has 0 unspecified atom stereocenters. The topological polar surface area (TPSA) is 72.0 Å². The fraction of sp³-hybridized carbons (Fsp3) is 0.455. The van der Waals surface area contributed by atoms with E-state index in [1.807, 2.05) is 0 Å². The Morgan fingerprint density at radius 2 is 2.38 bits per heavy atom. The van der Waals surface area contributed by atoms with Crippen LogP contribution < -0.4 is 5.32 Å². The number of ketones is 1. The van der Waals surface area contributed by atoms with Gasteiger partial charge in [0.25, 0.3) is 0 Å². The maximum atomic E-state index is 11.8. The van der Waals surface area contributed by atoms with Gasteiger partial charge in [0.1, 0.15) is 5.69 Å². The van der Waals surface area contributed by atoms with Crippen LogP contribution in [-0.4, -0.2) is 28.2 Å². The lowest BCUT2D eigenvalue weighted by molar-refractivity contribution is -0.126. The van der Waals surface area contributed by atoms with Gasteiger partial charge >= 0.3 is 0 Å². The minimum atomic E-state index is -0.205. The van der Waals surface area contributed by atoms with Crippen molar-refractivity contribution in [1.82, 2.24) is 15.3 Å². The number of nitrogens with one attached hydrogen (secondary N) is 1. The van der Waals surface area contributed by atoms with Crippen molar-refractivity contribution in [1.29, 1.82) is 0 Å². The van der Waals surface area contributed by atoms with Gasteiger partial charge in [0.15, 0.2) is 5.78 Å². The molecule has 0 radical (unpaired) electrons. The minimum absolute atomic E-state index is 0.0245. The van der Waals surface area contributed by atoms with Crippen molar-refractivity contribution in [3.8, 4) is 0 Å². The Balaban J connectivity index is 1.99. The maximum Gasteiger partial charge on any atom is 0.223 e. The molecule has 1 fully saturated rings. The standard InChI is InChI=1S/C11H13N3O2/c15-10(9-7-12-4-5-13-9)6-8-2-1-3-14-11(8)16/h4-5,7-8H,1-3,6H2,(H,14,16)/t8-/m1/s1. The summed E-state index contributed by atoms with van der Waals surface area (Å²) in [7, 11) is 0. The number of rotatable bonds is 3. The molecule has 16 heavy (non-hydrogen) atoms. The lowest BCUT2D eigenvalue weighted by Gasteiger charge is -2.20. The van der Waals surface area contributed by atoms with E-state index in [4.69, 9.17) is 0 Å². The molecule has 1 N–H and O–H groups in total. The second-order valence-electron chi connectivity index (χ2n) is 3.85. The summed E-state index contributed by atoms with van der Waals surface area (Å²) in [5, 5.41) is 2.76. The average Bonchev–Trinajstić information content (AvgIpc) is 2.33. The number of hydrogen-bond acceptors (Lipinski definition) is 4. The zero-order chi connectivity index (χ0) is 11.4. The summed E-state index contributed by atoms with van der Waals surface area (Å²) in [5.74, 6) is -0.345. The molecular weight excluding hydrogens is 206 g/mol. The summed E-state index contributed by atoms with van der Waals surface area (Å²) in [5.41, 5.74) is 0.334. The molecule has 1 aliphatic rings. The van der Waals surface area contributed by atoms with Crippen molar-refractivity contribution in [2.45, 2.75) is 19.3 Å². The predicted octanol–water partition coefficient (Wildman–Crippen LogP) is 0.576. The molecule has 0 aromatic carbocycles. The Hall–Kier alpha value is -1.78. The molecule has 1 aromatic heterocycles. The Kier molecular flexibility index (Phi) is 3.24. The Morgan fingerprint density at radius 3 is 3.06 bits per heavy atom. The zero-order valence-corrected chi connectivity index (χ0v) is 8.85. The molecule has 84 valence electrons. The van der Waals surface area contributed by atoms with E-state index in [1.54, 1.807) is 0 Å². The monoisotopic (exact) mass is 219 g/mol. The number of nitrogens with zero attached hydrogens (tertiary/aromatic N) is 2. The van der Waals surface area contributed by atoms with Gasteiger partial charge in [-0.15, -0.1) is 0 Å². The number of amides is 1. The minimum Gasteiger partial charge on any atom is -0.356 e. The highest BCUT2D eigenvalue weighted by Gasteiger charge is 2.25. The third-order valence-electron chi connectivity index (χ3n) is 2.68. The highest BCUT2D eigenvalue weighted by Crippen LogP contribution is 2.17. The van der Waals surface area contributed by atoms with Gasteiger partial charge in [-0.1, -0.05) is 0 Å². The Morgan fingerprint density at radius 1 is 1.50 bits per heavy atom. The molecule has 1 aromatic rings. The van der Waals surface area contributed by atoms with Crippen LogP contribution in [0.3, 0.4) is 0 Å². The molecule has 1 aliphatic heterocycles. The van der Waals surface area contributed by atoms with Crippen LogP contribution in [0.2, 0.25) is 0 Å². The summed E-state index contributed by atoms with van der Waals surface area (Å²) < 4.78 is 0. The smallest absolute Gasteiger partial charge is 0.223 e. The van der Waals surface area contributed by atoms with Crippen LogP contribution in [-0.2, 0) is 4.79 Å².